The van der Waals surface area contributed by atoms with Crippen LogP contribution in [0.25, 0.3) is 11.3 Å². The summed E-state index contributed by atoms with van der Waals surface area (Å²) in [6.45, 7) is 3.13. The van der Waals surface area contributed by atoms with E-state index in [-0.39, 0.29) is 0 Å². The molecule has 0 bridgehead atoms. The lowest BCUT2D eigenvalue weighted by Gasteiger charge is -2.09. The molecule has 0 amide bonds. The predicted octanol–water partition coefficient (Wildman–Crippen LogP) is 3.11. The lowest BCUT2D eigenvalue weighted by molar-refractivity contribution is 0.437. The molecule has 100 valence electrons. The number of benzene rings is 1. The Kier molecular flexibility index (Phi) is 4.93. The van der Waals surface area contributed by atoms with Crippen LogP contribution in [0.1, 0.15) is 5.56 Å². The predicted molar refractivity (Wildman–Crippen MR) is 81.5 cm³/mol. The van der Waals surface area contributed by atoms with Crippen LogP contribution in [-0.2, 0) is 0 Å². The Hall–Kier alpha value is -1.39. The van der Waals surface area contributed by atoms with Gasteiger partial charge in [0, 0.05) is 29.0 Å². The third-order valence-electron chi connectivity index (χ3n) is 2.83. The van der Waals surface area contributed by atoms with Gasteiger partial charge in [-0.1, -0.05) is 12.1 Å². The number of hydrogen-bond acceptors (Lipinski definition) is 4. The van der Waals surface area contributed by atoms with Crippen LogP contribution in [0.4, 0.5) is 0 Å². The first-order valence-electron chi connectivity index (χ1n) is 6.31. The maximum Gasteiger partial charge on any atom is 0.116 e. The first-order valence-corrected chi connectivity index (χ1v) is 7.30. The fraction of sp³-hybridized carbons (Fsp3) is 0.333. The van der Waals surface area contributed by atoms with E-state index in [9.17, 15) is 0 Å². The smallest absolute Gasteiger partial charge is 0.116 e. The first kappa shape index (κ1) is 14.0. The van der Waals surface area contributed by atoms with Crippen molar-refractivity contribution in [2.75, 3.05) is 26.4 Å². The van der Waals surface area contributed by atoms with E-state index in [0.717, 1.165) is 29.1 Å². The third-order valence-corrected chi connectivity index (χ3v) is 3.82. The molecule has 2 rings (SSSR count). The van der Waals surface area contributed by atoms with E-state index in [2.05, 4.69) is 53.2 Å². The molecule has 1 aromatic heterocycles. The van der Waals surface area contributed by atoms with Crippen molar-refractivity contribution in [2.45, 2.75) is 11.8 Å². The molecule has 0 radical (unpaired) electrons. The molecule has 0 saturated carbocycles. The van der Waals surface area contributed by atoms with E-state index in [1.54, 1.807) is 6.33 Å². The average molecular weight is 273 g/mol. The molecule has 0 fully saturated rings. The highest BCUT2D eigenvalue weighted by Gasteiger charge is 2.03. The van der Waals surface area contributed by atoms with Crippen molar-refractivity contribution in [3.05, 3.63) is 42.4 Å². The minimum Gasteiger partial charge on any atom is -0.309 e. The van der Waals surface area contributed by atoms with Crippen molar-refractivity contribution in [1.82, 2.24) is 14.9 Å². The van der Waals surface area contributed by atoms with Crippen LogP contribution >= 0.6 is 11.8 Å². The van der Waals surface area contributed by atoms with Gasteiger partial charge in [-0.2, -0.15) is 0 Å². The molecule has 3 nitrogen and oxygen atoms in total. The van der Waals surface area contributed by atoms with E-state index >= 15 is 0 Å². The van der Waals surface area contributed by atoms with Gasteiger partial charge in [-0.05, 0) is 38.7 Å². The molecule has 1 heterocycles. The second kappa shape index (κ2) is 6.68. The summed E-state index contributed by atoms with van der Waals surface area (Å²) in [6.07, 6.45) is 3.45. The number of rotatable bonds is 5. The van der Waals surface area contributed by atoms with Gasteiger partial charge in [-0.3, -0.25) is 0 Å². The molecule has 4 heteroatoms. The molecular formula is C15H19N3S. The monoisotopic (exact) mass is 273 g/mol. The normalized spacial score (nSPS) is 10.9. The quantitative estimate of drug-likeness (QED) is 0.783. The maximum atomic E-state index is 4.34. The third kappa shape index (κ3) is 4.04. The fourth-order valence-electron chi connectivity index (χ4n) is 1.76. The van der Waals surface area contributed by atoms with Crippen LogP contribution in [0, 0.1) is 6.92 Å². The van der Waals surface area contributed by atoms with Gasteiger partial charge < -0.3 is 4.90 Å². The molecule has 0 aliphatic heterocycles. The topological polar surface area (TPSA) is 29.0 Å². The van der Waals surface area contributed by atoms with E-state index in [1.165, 1.54) is 4.90 Å². The van der Waals surface area contributed by atoms with Gasteiger partial charge in [-0.15, -0.1) is 11.8 Å². The van der Waals surface area contributed by atoms with Gasteiger partial charge in [0.25, 0.3) is 0 Å². The number of aromatic nitrogens is 2. The average Bonchev–Trinajstić information content (AvgIpc) is 2.40. The van der Waals surface area contributed by atoms with Crippen LogP contribution in [-0.4, -0.2) is 41.3 Å². The summed E-state index contributed by atoms with van der Waals surface area (Å²) in [4.78, 5) is 11.9. The Labute approximate surface area is 119 Å². The van der Waals surface area contributed by atoms with Gasteiger partial charge in [0.1, 0.15) is 6.33 Å². The highest BCUT2D eigenvalue weighted by molar-refractivity contribution is 7.99. The van der Waals surface area contributed by atoms with E-state index in [4.69, 9.17) is 0 Å². The minimum absolute atomic E-state index is 1.01. The summed E-state index contributed by atoms with van der Waals surface area (Å²) in [5.41, 5.74) is 3.27. The van der Waals surface area contributed by atoms with Crippen LogP contribution in [0.15, 0.2) is 41.7 Å². The highest BCUT2D eigenvalue weighted by Crippen LogP contribution is 2.24. The van der Waals surface area contributed by atoms with Crippen LogP contribution in [0.3, 0.4) is 0 Å². The van der Waals surface area contributed by atoms with Gasteiger partial charge in [0.15, 0.2) is 0 Å². The van der Waals surface area contributed by atoms with Gasteiger partial charge in [0.05, 0.1) is 5.69 Å². The molecule has 1 aromatic carbocycles. The number of aryl methyl sites for hydroxylation is 1. The van der Waals surface area contributed by atoms with E-state index in [0.29, 0.717) is 0 Å². The van der Waals surface area contributed by atoms with Crippen LogP contribution < -0.4 is 0 Å². The Morgan fingerprint density at radius 3 is 2.53 bits per heavy atom. The zero-order valence-electron chi connectivity index (χ0n) is 11.6. The highest BCUT2D eigenvalue weighted by atomic mass is 32.2. The molecule has 0 N–H and O–H groups in total. The zero-order valence-corrected chi connectivity index (χ0v) is 12.4. The van der Waals surface area contributed by atoms with E-state index in [1.807, 2.05) is 24.9 Å². The van der Waals surface area contributed by atoms with Crippen LogP contribution in [0.2, 0.25) is 0 Å². The Bertz CT molecular complexity index is 523. The van der Waals surface area contributed by atoms with Crippen molar-refractivity contribution in [1.29, 1.82) is 0 Å². The lowest BCUT2D eigenvalue weighted by Crippen LogP contribution is -2.14. The number of hydrogen-bond donors (Lipinski definition) is 0. The molecular weight excluding hydrogens is 254 g/mol. The summed E-state index contributed by atoms with van der Waals surface area (Å²) in [5.74, 6) is 1.11. The maximum absolute atomic E-state index is 4.34. The number of thioether (sulfide) groups is 1. The molecule has 0 aliphatic rings. The molecule has 2 aromatic rings. The van der Waals surface area contributed by atoms with Gasteiger partial charge in [0.2, 0.25) is 0 Å². The summed E-state index contributed by atoms with van der Waals surface area (Å²) in [6, 6.07) is 8.59. The van der Waals surface area contributed by atoms with Crippen LogP contribution in [0.5, 0.6) is 0 Å². The Morgan fingerprint density at radius 1 is 1.16 bits per heavy atom. The van der Waals surface area contributed by atoms with Crippen molar-refractivity contribution in [2.24, 2.45) is 0 Å². The molecule has 0 saturated heterocycles. The number of nitrogens with zero attached hydrogens (tertiary/aromatic N) is 3. The minimum atomic E-state index is 1.01. The van der Waals surface area contributed by atoms with Gasteiger partial charge >= 0.3 is 0 Å². The molecule has 0 aliphatic carbocycles. The van der Waals surface area contributed by atoms with Crippen molar-refractivity contribution < 1.29 is 0 Å². The van der Waals surface area contributed by atoms with E-state index < -0.39 is 0 Å². The Balaban J connectivity index is 2.04. The summed E-state index contributed by atoms with van der Waals surface area (Å²) >= 11 is 1.88. The van der Waals surface area contributed by atoms with Crippen molar-refractivity contribution >= 4 is 11.8 Å². The second-order valence-corrected chi connectivity index (χ2v) is 5.90. The molecule has 19 heavy (non-hydrogen) atoms. The molecule has 0 spiro atoms. The van der Waals surface area contributed by atoms with Gasteiger partial charge in [-0.25, -0.2) is 9.97 Å². The Morgan fingerprint density at radius 2 is 1.89 bits per heavy atom. The second-order valence-electron chi connectivity index (χ2n) is 4.73. The zero-order chi connectivity index (χ0) is 13.7. The van der Waals surface area contributed by atoms with Crippen molar-refractivity contribution in [3.63, 3.8) is 0 Å². The largest absolute Gasteiger partial charge is 0.309 e. The molecule has 0 atom stereocenters. The van der Waals surface area contributed by atoms with Crippen molar-refractivity contribution in [3.8, 4) is 11.3 Å². The molecule has 0 unspecified atom stereocenters. The first-order chi connectivity index (χ1) is 9.16. The SMILES string of the molecule is Cc1cncnc1-c1ccc(SCCN(C)C)cc1. The standard InChI is InChI=1S/C15H19N3S/c1-12-10-16-11-17-15(12)13-4-6-14(7-5-13)19-9-8-18(2)3/h4-7,10-11H,8-9H2,1-3H3. The summed E-state index contributed by atoms with van der Waals surface area (Å²) < 4.78 is 0. The fourth-order valence-corrected chi connectivity index (χ4v) is 2.78. The lowest BCUT2D eigenvalue weighted by atomic mass is 10.1. The summed E-state index contributed by atoms with van der Waals surface area (Å²) in [7, 11) is 4.20. The summed E-state index contributed by atoms with van der Waals surface area (Å²) in [5, 5.41) is 0.